The van der Waals surface area contributed by atoms with Gasteiger partial charge in [-0.1, -0.05) is 13.0 Å². The topological polar surface area (TPSA) is 64.9 Å². The van der Waals surface area contributed by atoms with Crippen molar-refractivity contribution in [3.05, 3.63) is 23.4 Å². The first-order valence-corrected chi connectivity index (χ1v) is 5.57. The summed E-state index contributed by atoms with van der Waals surface area (Å²) in [6, 6.07) is 2.47. The molecule has 3 heteroatoms. The van der Waals surface area contributed by atoms with Crippen LogP contribution in [0, 0.1) is 12.8 Å². The lowest BCUT2D eigenvalue weighted by atomic mass is 9.89. The summed E-state index contributed by atoms with van der Waals surface area (Å²) in [6.45, 7) is 4.26. The Morgan fingerprint density at radius 3 is 2.73 bits per heavy atom. The van der Waals surface area contributed by atoms with Crippen molar-refractivity contribution in [2.75, 3.05) is 5.73 Å². The largest absolute Gasteiger partial charge is 0.383 e. The van der Waals surface area contributed by atoms with Crippen LogP contribution in [0.3, 0.4) is 0 Å². The Labute approximate surface area is 90.9 Å². The van der Waals surface area contributed by atoms with Crippen LogP contribution in [0.5, 0.6) is 0 Å². The maximum absolute atomic E-state index is 6.03. The van der Waals surface area contributed by atoms with E-state index in [1.54, 1.807) is 0 Å². The molecule has 1 aliphatic carbocycles. The number of hydrogen-bond donors (Lipinski definition) is 2. The molecule has 0 radical (unpaired) electrons. The van der Waals surface area contributed by atoms with Crippen LogP contribution in [0.2, 0.25) is 0 Å². The van der Waals surface area contributed by atoms with Gasteiger partial charge >= 0.3 is 0 Å². The molecular weight excluding hydrogens is 186 g/mol. The van der Waals surface area contributed by atoms with Gasteiger partial charge in [-0.25, -0.2) is 4.98 Å². The quantitative estimate of drug-likeness (QED) is 0.735. The average Bonchev–Trinajstić information content (AvgIpc) is 2.52. The Hall–Kier alpha value is -1.09. The van der Waals surface area contributed by atoms with Crippen LogP contribution >= 0.6 is 0 Å². The SMILES string of the molecule is Cc1cnc(N)c(C2CCC(N)C2C)c1. The number of aromatic nitrogens is 1. The summed E-state index contributed by atoms with van der Waals surface area (Å²) in [5.74, 6) is 1.68. The minimum Gasteiger partial charge on any atom is -0.383 e. The van der Waals surface area contributed by atoms with Gasteiger partial charge in [0.05, 0.1) is 0 Å². The lowest BCUT2D eigenvalue weighted by molar-refractivity contribution is 0.479. The molecule has 0 saturated heterocycles. The third kappa shape index (κ3) is 1.84. The van der Waals surface area contributed by atoms with E-state index in [2.05, 4.69) is 24.9 Å². The first kappa shape index (κ1) is 10.4. The molecule has 1 aromatic heterocycles. The van der Waals surface area contributed by atoms with Crippen molar-refractivity contribution in [1.29, 1.82) is 0 Å². The average molecular weight is 205 g/mol. The molecule has 1 fully saturated rings. The first-order valence-electron chi connectivity index (χ1n) is 5.57. The fraction of sp³-hybridized carbons (Fsp3) is 0.583. The normalized spacial score (nSPS) is 30.7. The van der Waals surface area contributed by atoms with Gasteiger partial charge in [0.1, 0.15) is 5.82 Å². The molecule has 2 rings (SSSR count). The maximum atomic E-state index is 6.03. The minimum absolute atomic E-state index is 0.315. The van der Waals surface area contributed by atoms with Gasteiger partial charge in [0.25, 0.3) is 0 Å². The highest BCUT2D eigenvalue weighted by molar-refractivity contribution is 5.44. The Kier molecular flexibility index (Phi) is 2.65. The van der Waals surface area contributed by atoms with E-state index in [4.69, 9.17) is 11.5 Å². The first-order chi connectivity index (χ1) is 7.09. The second kappa shape index (κ2) is 3.81. The highest BCUT2D eigenvalue weighted by Gasteiger charge is 2.32. The van der Waals surface area contributed by atoms with Gasteiger partial charge in [-0.2, -0.15) is 0 Å². The molecule has 3 unspecified atom stereocenters. The van der Waals surface area contributed by atoms with Crippen LogP contribution in [-0.4, -0.2) is 11.0 Å². The predicted octanol–water partition coefficient (Wildman–Crippen LogP) is 1.81. The third-order valence-corrected chi connectivity index (χ3v) is 3.61. The van der Waals surface area contributed by atoms with E-state index in [-0.39, 0.29) is 0 Å². The molecular formula is C12H19N3. The molecule has 1 heterocycles. The Balaban J connectivity index is 2.33. The van der Waals surface area contributed by atoms with Gasteiger partial charge in [-0.05, 0) is 42.7 Å². The van der Waals surface area contributed by atoms with Crippen molar-refractivity contribution in [2.45, 2.75) is 38.6 Å². The molecule has 0 aromatic carbocycles. The van der Waals surface area contributed by atoms with Crippen LogP contribution in [-0.2, 0) is 0 Å². The molecule has 0 amide bonds. The molecule has 1 aliphatic rings. The van der Waals surface area contributed by atoms with Gasteiger partial charge in [0.2, 0.25) is 0 Å². The van der Waals surface area contributed by atoms with Crippen LogP contribution in [0.15, 0.2) is 12.3 Å². The molecule has 82 valence electrons. The standard InChI is InChI=1S/C12H19N3/c1-7-5-10(12(14)15-6-7)9-3-4-11(13)8(9)2/h5-6,8-9,11H,3-4,13H2,1-2H3,(H2,14,15). The van der Waals surface area contributed by atoms with Crippen molar-refractivity contribution >= 4 is 5.82 Å². The van der Waals surface area contributed by atoms with Gasteiger partial charge in [-0.3, -0.25) is 0 Å². The fourth-order valence-electron chi connectivity index (χ4n) is 2.53. The van der Waals surface area contributed by atoms with Crippen molar-refractivity contribution in [3.8, 4) is 0 Å². The van der Waals surface area contributed by atoms with E-state index in [0.717, 1.165) is 12.8 Å². The zero-order valence-corrected chi connectivity index (χ0v) is 9.40. The number of anilines is 1. The van der Waals surface area contributed by atoms with E-state index in [9.17, 15) is 0 Å². The molecule has 1 aromatic rings. The van der Waals surface area contributed by atoms with Crippen molar-refractivity contribution < 1.29 is 0 Å². The van der Waals surface area contributed by atoms with Gasteiger partial charge in [0.15, 0.2) is 0 Å². The van der Waals surface area contributed by atoms with Crippen molar-refractivity contribution in [3.63, 3.8) is 0 Å². The van der Waals surface area contributed by atoms with Crippen molar-refractivity contribution in [2.24, 2.45) is 11.7 Å². The second-order valence-corrected chi connectivity index (χ2v) is 4.69. The Bertz CT molecular complexity index is 362. The monoisotopic (exact) mass is 205 g/mol. The molecule has 1 saturated carbocycles. The molecule has 3 atom stereocenters. The number of aryl methyl sites for hydroxylation is 1. The molecule has 4 N–H and O–H groups in total. The highest BCUT2D eigenvalue weighted by Crippen LogP contribution is 2.40. The number of hydrogen-bond acceptors (Lipinski definition) is 3. The fourth-order valence-corrected chi connectivity index (χ4v) is 2.53. The summed E-state index contributed by atoms with van der Waals surface area (Å²) >= 11 is 0. The summed E-state index contributed by atoms with van der Waals surface area (Å²) in [6.07, 6.45) is 4.05. The third-order valence-electron chi connectivity index (χ3n) is 3.61. The number of nitrogen functional groups attached to an aromatic ring is 1. The smallest absolute Gasteiger partial charge is 0.126 e. The Morgan fingerprint density at radius 1 is 1.40 bits per heavy atom. The number of nitrogens with zero attached hydrogens (tertiary/aromatic N) is 1. The van der Waals surface area contributed by atoms with Crippen molar-refractivity contribution in [1.82, 2.24) is 4.98 Å². The molecule has 0 bridgehead atoms. The second-order valence-electron chi connectivity index (χ2n) is 4.69. The molecule has 3 nitrogen and oxygen atoms in total. The van der Waals surface area contributed by atoms with Crippen LogP contribution in [0.4, 0.5) is 5.82 Å². The predicted molar refractivity (Wildman–Crippen MR) is 62.5 cm³/mol. The maximum Gasteiger partial charge on any atom is 0.126 e. The van der Waals surface area contributed by atoms with Gasteiger partial charge in [0, 0.05) is 12.2 Å². The number of rotatable bonds is 1. The highest BCUT2D eigenvalue weighted by atomic mass is 14.8. The van der Waals surface area contributed by atoms with E-state index in [1.807, 2.05) is 6.20 Å². The zero-order valence-electron chi connectivity index (χ0n) is 9.40. The van der Waals surface area contributed by atoms with E-state index < -0.39 is 0 Å². The minimum atomic E-state index is 0.315. The lowest BCUT2D eigenvalue weighted by Gasteiger charge is -2.19. The van der Waals surface area contributed by atoms with Crippen LogP contribution < -0.4 is 11.5 Å². The summed E-state index contributed by atoms with van der Waals surface area (Å²) in [5.41, 5.74) is 14.3. The summed E-state index contributed by atoms with van der Waals surface area (Å²) < 4.78 is 0. The summed E-state index contributed by atoms with van der Waals surface area (Å²) in [4.78, 5) is 4.22. The summed E-state index contributed by atoms with van der Waals surface area (Å²) in [7, 11) is 0. The van der Waals surface area contributed by atoms with Gasteiger partial charge < -0.3 is 11.5 Å². The molecule has 0 spiro atoms. The summed E-state index contributed by atoms with van der Waals surface area (Å²) in [5, 5.41) is 0. The van der Waals surface area contributed by atoms with Crippen LogP contribution in [0.25, 0.3) is 0 Å². The van der Waals surface area contributed by atoms with E-state index >= 15 is 0 Å². The van der Waals surface area contributed by atoms with E-state index in [1.165, 1.54) is 11.1 Å². The van der Waals surface area contributed by atoms with E-state index in [0.29, 0.717) is 23.7 Å². The molecule has 0 aliphatic heterocycles. The van der Waals surface area contributed by atoms with Gasteiger partial charge in [-0.15, -0.1) is 0 Å². The molecule has 15 heavy (non-hydrogen) atoms. The zero-order chi connectivity index (χ0) is 11.0. The Morgan fingerprint density at radius 2 is 2.13 bits per heavy atom. The number of pyridine rings is 1. The lowest BCUT2D eigenvalue weighted by Crippen LogP contribution is -2.24. The van der Waals surface area contributed by atoms with Crippen LogP contribution in [0.1, 0.15) is 36.8 Å². The number of nitrogens with two attached hydrogens (primary N) is 2.